The summed E-state index contributed by atoms with van der Waals surface area (Å²) in [4.78, 5) is 1.16. The molecule has 0 atom stereocenters. The third-order valence-electron chi connectivity index (χ3n) is 1.75. The zero-order chi connectivity index (χ0) is 11.1. The molecule has 0 aliphatic carbocycles. The molecule has 0 saturated heterocycles. The van der Waals surface area contributed by atoms with Crippen molar-refractivity contribution in [3.63, 3.8) is 0 Å². The number of aliphatic hydroxyl groups excluding tert-OH is 1. The first-order valence-electron chi connectivity index (χ1n) is 5.01. The summed E-state index contributed by atoms with van der Waals surface area (Å²) in [7, 11) is 0. The van der Waals surface area contributed by atoms with Crippen molar-refractivity contribution in [2.45, 2.75) is 33.0 Å². The van der Waals surface area contributed by atoms with E-state index >= 15 is 0 Å². The number of hydrogen-bond donors (Lipinski definition) is 1. The Hall–Kier alpha value is -0.820. The van der Waals surface area contributed by atoms with Crippen LogP contribution in [0.15, 0.2) is 11.4 Å². The molecule has 1 N–H and O–H groups in total. The average Bonchev–Trinajstić information content (AvgIpc) is 2.63. The van der Waals surface area contributed by atoms with E-state index in [2.05, 4.69) is 11.8 Å². The third kappa shape index (κ3) is 4.48. The van der Waals surface area contributed by atoms with Crippen LogP contribution in [0, 0.1) is 11.8 Å². The molecule has 0 unspecified atom stereocenters. The fraction of sp³-hybridized carbons (Fsp3) is 0.500. The standard InChI is InChI=1S/C12H16O2S/c1-10(2)14-9-12-11(6-8-15-12)5-3-4-7-13/h6,8,10,13H,4,7,9H2,1-2H3. The number of hydrogen-bond acceptors (Lipinski definition) is 3. The van der Waals surface area contributed by atoms with Crippen molar-refractivity contribution in [1.82, 2.24) is 0 Å². The molecule has 0 spiro atoms. The number of aliphatic hydroxyl groups is 1. The molecule has 2 nitrogen and oxygen atoms in total. The number of rotatable bonds is 4. The van der Waals surface area contributed by atoms with Crippen LogP contribution in [0.2, 0.25) is 0 Å². The van der Waals surface area contributed by atoms with Crippen molar-refractivity contribution in [1.29, 1.82) is 0 Å². The second-order valence-corrected chi connectivity index (χ2v) is 4.39. The summed E-state index contributed by atoms with van der Waals surface area (Å²) in [5, 5.41) is 10.6. The van der Waals surface area contributed by atoms with E-state index in [0.29, 0.717) is 13.0 Å². The van der Waals surface area contributed by atoms with Gasteiger partial charge in [0, 0.05) is 16.9 Å². The van der Waals surface area contributed by atoms with Crippen molar-refractivity contribution in [2.75, 3.05) is 6.61 Å². The number of ether oxygens (including phenoxy) is 1. The second-order valence-electron chi connectivity index (χ2n) is 3.39. The molecule has 0 aromatic carbocycles. The molecule has 0 amide bonds. The summed E-state index contributed by atoms with van der Waals surface area (Å²) in [6.07, 6.45) is 0.769. The van der Waals surface area contributed by atoms with Gasteiger partial charge in [0.05, 0.1) is 19.3 Å². The molecule has 82 valence electrons. The van der Waals surface area contributed by atoms with Crippen LogP contribution in [0.3, 0.4) is 0 Å². The van der Waals surface area contributed by atoms with Gasteiger partial charge in [-0.1, -0.05) is 11.8 Å². The SMILES string of the molecule is CC(C)OCc1sccc1C#CCCO. The Morgan fingerprint density at radius 1 is 1.53 bits per heavy atom. The van der Waals surface area contributed by atoms with Crippen LogP contribution in [0.5, 0.6) is 0 Å². The molecule has 0 saturated carbocycles. The molecule has 1 aromatic heterocycles. The maximum Gasteiger partial charge on any atom is 0.0825 e. The molecule has 0 fully saturated rings. The van der Waals surface area contributed by atoms with Gasteiger partial charge in [-0.2, -0.15) is 0 Å². The predicted molar refractivity (Wildman–Crippen MR) is 62.8 cm³/mol. The largest absolute Gasteiger partial charge is 0.395 e. The summed E-state index contributed by atoms with van der Waals surface area (Å²) >= 11 is 1.66. The summed E-state index contributed by atoms with van der Waals surface area (Å²) < 4.78 is 5.53. The number of thiophene rings is 1. The predicted octanol–water partition coefficient (Wildman–Crippen LogP) is 2.41. The molecule has 0 aliphatic heterocycles. The first-order valence-corrected chi connectivity index (χ1v) is 5.89. The molecule has 1 aromatic rings. The van der Waals surface area contributed by atoms with Crippen molar-refractivity contribution >= 4 is 11.3 Å². The Kier molecular flexibility index (Phi) is 5.41. The Morgan fingerprint density at radius 2 is 2.33 bits per heavy atom. The molecule has 1 rings (SSSR count). The first-order chi connectivity index (χ1) is 7.24. The quantitative estimate of drug-likeness (QED) is 0.796. The van der Waals surface area contributed by atoms with Crippen molar-refractivity contribution in [3.8, 4) is 11.8 Å². The Morgan fingerprint density at radius 3 is 3.00 bits per heavy atom. The molecular formula is C12H16O2S. The van der Waals surface area contributed by atoms with Crippen LogP contribution in [0.1, 0.15) is 30.7 Å². The highest BCUT2D eigenvalue weighted by atomic mass is 32.1. The lowest BCUT2D eigenvalue weighted by Crippen LogP contribution is -2.01. The topological polar surface area (TPSA) is 29.5 Å². The normalized spacial score (nSPS) is 10.1. The summed E-state index contributed by atoms with van der Waals surface area (Å²) in [6.45, 7) is 4.78. The maximum absolute atomic E-state index is 8.62. The summed E-state index contributed by atoms with van der Waals surface area (Å²) in [6, 6.07) is 1.99. The van der Waals surface area contributed by atoms with Gasteiger partial charge >= 0.3 is 0 Å². The highest BCUT2D eigenvalue weighted by molar-refractivity contribution is 7.10. The fourth-order valence-electron chi connectivity index (χ4n) is 1.02. The van der Waals surface area contributed by atoms with Gasteiger partial charge in [0.15, 0.2) is 0 Å². The van der Waals surface area contributed by atoms with E-state index in [-0.39, 0.29) is 12.7 Å². The van der Waals surface area contributed by atoms with E-state index in [1.54, 1.807) is 11.3 Å². The van der Waals surface area contributed by atoms with Gasteiger partial charge in [-0.05, 0) is 25.3 Å². The van der Waals surface area contributed by atoms with Gasteiger partial charge in [0.25, 0.3) is 0 Å². The minimum absolute atomic E-state index is 0.120. The van der Waals surface area contributed by atoms with E-state index in [4.69, 9.17) is 9.84 Å². The average molecular weight is 224 g/mol. The van der Waals surface area contributed by atoms with Crippen LogP contribution in [-0.2, 0) is 11.3 Å². The van der Waals surface area contributed by atoms with Crippen molar-refractivity contribution in [2.24, 2.45) is 0 Å². The molecule has 0 aliphatic rings. The van der Waals surface area contributed by atoms with Gasteiger partial charge in [0.2, 0.25) is 0 Å². The van der Waals surface area contributed by atoms with E-state index in [1.165, 1.54) is 0 Å². The van der Waals surface area contributed by atoms with Crippen molar-refractivity contribution < 1.29 is 9.84 Å². The fourth-order valence-corrected chi connectivity index (χ4v) is 1.77. The summed E-state index contributed by atoms with van der Waals surface area (Å²) in [5.41, 5.74) is 1.02. The first kappa shape index (κ1) is 12.3. The van der Waals surface area contributed by atoms with Crippen LogP contribution < -0.4 is 0 Å². The van der Waals surface area contributed by atoms with Gasteiger partial charge < -0.3 is 9.84 Å². The Bertz CT molecular complexity index is 344. The van der Waals surface area contributed by atoms with Gasteiger partial charge in [-0.3, -0.25) is 0 Å². The smallest absolute Gasteiger partial charge is 0.0825 e. The monoisotopic (exact) mass is 224 g/mol. The highest BCUT2D eigenvalue weighted by Crippen LogP contribution is 2.17. The lowest BCUT2D eigenvalue weighted by atomic mass is 10.2. The lowest BCUT2D eigenvalue weighted by Gasteiger charge is -2.05. The molecule has 0 radical (unpaired) electrons. The summed E-state index contributed by atoms with van der Waals surface area (Å²) in [5.74, 6) is 5.95. The molecular weight excluding hydrogens is 208 g/mol. The molecule has 0 bridgehead atoms. The molecule has 1 heterocycles. The van der Waals surface area contributed by atoms with Gasteiger partial charge in [0.1, 0.15) is 0 Å². The zero-order valence-corrected chi connectivity index (χ0v) is 9.93. The van der Waals surface area contributed by atoms with E-state index in [9.17, 15) is 0 Å². The van der Waals surface area contributed by atoms with Crippen LogP contribution >= 0.6 is 11.3 Å². The molecule has 15 heavy (non-hydrogen) atoms. The maximum atomic E-state index is 8.62. The molecule has 3 heteroatoms. The van der Waals surface area contributed by atoms with Crippen LogP contribution in [0.25, 0.3) is 0 Å². The van der Waals surface area contributed by atoms with Crippen molar-refractivity contribution in [3.05, 3.63) is 21.9 Å². The van der Waals surface area contributed by atoms with Gasteiger partial charge in [-0.25, -0.2) is 0 Å². The zero-order valence-electron chi connectivity index (χ0n) is 9.12. The van der Waals surface area contributed by atoms with Crippen LogP contribution in [-0.4, -0.2) is 17.8 Å². The van der Waals surface area contributed by atoms with Crippen LogP contribution in [0.4, 0.5) is 0 Å². The van der Waals surface area contributed by atoms with E-state index < -0.39 is 0 Å². The lowest BCUT2D eigenvalue weighted by molar-refractivity contribution is 0.0673. The van der Waals surface area contributed by atoms with E-state index in [0.717, 1.165) is 10.4 Å². The van der Waals surface area contributed by atoms with Gasteiger partial charge in [-0.15, -0.1) is 11.3 Å². The minimum atomic E-state index is 0.120. The Balaban J connectivity index is 2.58. The third-order valence-corrected chi connectivity index (χ3v) is 2.65. The van der Waals surface area contributed by atoms with E-state index in [1.807, 2.05) is 25.3 Å². The Labute approximate surface area is 94.9 Å². The minimum Gasteiger partial charge on any atom is -0.395 e. The highest BCUT2D eigenvalue weighted by Gasteiger charge is 2.02. The second kappa shape index (κ2) is 6.62.